The van der Waals surface area contributed by atoms with Gasteiger partial charge in [-0.1, -0.05) is 78.4 Å². The Bertz CT molecular complexity index is 1030. The van der Waals surface area contributed by atoms with Crippen LogP contribution >= 0.6 is 0 Å². The number of hydrogen-bond donors (Lipinski definition) is 1. The Morgan fingerprint density at radius 2 is 1.37 bits per heavy atom. The van der Waals surface area contributed by atoms with E-state index in [9.17, 15) is 18.3 Å². The fraction of sp³-hybridized carbons (Fsp3) is 0.0952. The lowest BCUT2D eigenvalue weighted by Gasteiger charge is -2.26. The molecule has 0 aliphatic carbocycles. The van der Waals surface area contributed by atoms with E-state index >= 15 is 0 Å². The third kappa shape index (κ3) is 3.98. The molecule has 3 aromatic rings. The van der Waals surface area contributed by atoms with Gasteiger partial charge in [-0.05, 0) is 19.1 Å². The highest BCUT2D eigenvalue weighted by atomic mass is 32.2. The van der Waals surface area contributed by atoms with Gasteiger partial charge in [0, 0.05) is 11.1 Å². The lowest BCUT2D eigenvalue weighted by molar-refractivity contribution is -0.102. The predicted molar refractivity (Wildman–Crippen MR) is 101 cm³/mol. The Kier molecular flexibility index (Phi) is 5.23. The summed E-state index contributed by atoms with van der Waals surface area (Å²) >= 11 is 0. The maximum atomic E-state index is 13.0. The number of hydrogen-bond acceptors (Lipinski definition) is 5. The lowest BCUT2D eigenvalue weighted by atomic mass is 9.96. The summed E-state index contributed by atoms with van der Waals surface area (Å²) in [6.45, 7) is 1.82. The van der Waals surface area contributed by atoms with Crippen LogP contribution in [-0.2, 0) is 20.1 Å². The zero-order chi connectivity index (χ0) is 19.5. The van der Waals surface area contributed by atoms with E-state index in [0.717, 1.165) is 5.56 Å². The van der Waals surface area contributed by atoms with Crippen LogP contribution in [0.15, 0.2) is 89.8 Å². The maximum absolute atomic E-state index is 13.0. The summed E-state index contributed by atoms with van der Waals surface area (Å²) in [7, 11) is -4.41. The van der Waals surface area contributed by atoms with Crippen LogP contribution in [0.3, 0.4) is 0 Å². The van der Waals surface area contributed by atoms with Gasteiger partial charge in [0.15, 0.2) is 0 Å². The number of benzene rings is 3. The highest BCUT2D eigenvalue weighted by molar-refractivity contribution is 7.86. The minimum atomic E-state index is -4.41. The average Bonchev–Trinajstić information content (AvgIpc) is 2.68. The first-order valence-electron chi connectivity index (χ1n) is 8.23. The quantitative estimate of drug-likeness (QED) is 0.401. The second kappa shape index (κ2) is 7.44. The first-order valence-corrected chi connectivity index (χ1v) is 9.64. The van der Waals surface area contributed by atoms with Gasteiger partial charge in [-0.15, -0.1) is 0 Å². The van der Waals surface area contributed by atoms with E-state index in [0.29, 0.717) is 0 Å². The van der Waals surface area contributed by atoms with Crippen molar-refractivity contribution in [2.45, 2.75) is 17.6 Å². The number of carbonyl (C=O) groups is 1. The van der Waals surface area contributed by atoms with Crippen molar-refractivity contribution in [2.24, 2.45) is 0 Å². The highest BCUT2D eigenvalue weighted by Gasteiger charge is 2.44. The summed E-state index contributed by atoms with van der Waals surface area (Å²) in [4.78, 5) is 12.8. The Labute approximate surface area is 158 Å². The molecule has 1 atom stereocenters. The Hall–Kier alpha value is -2.80. The molecule has 0 saturated heterocycles. The molecule has 0 radical (unpaired) electrons. The third-order valence-electron chi connectivity index (χ3n) is 4.05. The highest BCUT2D eigenvalue weighted by Crippen LogP contribution is 2.31. The number of carbonyl (C=O) groups excluding carboxylic acids is 1. The van der Waals surface area contributed by atoms with Gasteiger partial charge in [-0.2, -0.15) is 8.42 Å². The van der Waals surface area contributed by atoms with E-state index in [2.05, 4.69) is 0 Å². The number of aryl methyl sites for hydroxylation is 1. The van der Waals surface area contributed by atoms with Crippen molar-refractivity contribution in [3.05, 3.63) is 102 Å². The van der Waals surface area contributed by atoms with Gasteiger partial charge in [0.2, 0.25) is 5.78 Å². The molecule has 0 spiro atoms. The van der Waals surface area contributed by atoms with Crippen LogP contribution in [0.1, 0.15) is 21.5 Å². The van der Waals surface area contributed by atoms with E-state index in [1.165, 1.54) is 36.4 Å². The van der Waals surface area contributed by atoms with Crippen LogP contribution in [0, 0.1) is 6.92 Å². The van der Waals surface area contributed by atoms with Crippen LogP contribution in [0.25, 0.3) is 0 Å². The van der Waals surface area contributed by atoms with Crippen molar-refractivity contribution in [2.75, 3.05) is 0 Å². The van der Waals surface area contributed by atoms with Gasteiger partial charge >= 0.3 is 0 Å². The molecular weight excluding hydrogens is 364 g/mol. The molecule has 0 saturated carbocycles. The van der Waals surface area contributed by atoms with Crippen LogP contribution in [0.2, 0.25) is 0 Å². The molecule has 0 aliphatic rings. The molecule has 5 nitrogen and oxygen atoms in total. The van der Waals surface area contributed by atoms with Gasteiger partial charge in [0.05, 0.1) is 4.90 Å². The minimum absolute atomic E-state index is 0.0227. The first-order chi connectivity index (χ1) is 12.8. The van der Waals surface area contributed by atoms with Crippen LogP contribution in [-0.4, -0.2) is 19.3 Å². The number of Topliss-reactive ketones (excluding diaryl/α,β-unsaturated/α-hetero) is 1. The molecule has 1 N–H and O–H groups in total. The SMILES string of the molecule is Cc1ccc(S(=O)(=O)OC(O)(C(=O)c2ccccc2)c2ccccc2)cc1. The normalized spacial score (nSPS) is 13.7. The fourth-order valence-electron chi connectivity index (χ4n) is 2.58. The standard InChI is InChI=1S/C21H18O5S/c1-16-12-14-19(15-13-16)27(24,25)26-21(23,18-10-6-3-7-11-18)20(22)17-8-4-2-5-9-17/h2-15,23H,1H3. The van der Waals surface area contributed by atoms with E-state index in [4.69, 9.17) is 4.18 Å². The minimum Gasteiger partial charge on any atom is -0.355 e. The molecule has 1 unspecified atom stereocenters. The monoisotopic (exact) mass is 382 g/mol. The van der Waals surface area contributed by atoms with Gasteiger partial charge in [0.25, 0.3) is 15.9 Å². The van der Waals surface area contributed by atoms with E-state index in [-0.39, 0.29) is 16.0 Å². The molecule has 0 heterocycles. The second-order valence-corrected chi connectivity index (χ2v) is 7.60. The zero-order valence-electron chi connectivity index (χ0n) is 14.6. The average molecular weight is 382 g/mol. The van der Waals surface area contributed by atoms with Crippen molar-refractivity contribution in [1.82, 2.24) is 0 Å². The van der Waals surface area contributed by atoms with Crippen molar-refractivity contribution < 1.29 is 22.5 Å². The smallest absolute Gasteiger partial charge is 0.300 e. The number of rotatable bonds is 6. The van der Waals surface area contributed by atoms with E-state index in [1.807, 2.05) is 6.92 Å². The Morgan fingerprint density at radius 3 is 1.93 bits per heavy atom. The first kappa shape index (κ1) is 19.0. The van der Waals surface area contributed by atoms with Crippen LogP contribution in [0.5, 0.6) is 0 Å². The largest absolute Gasteiger partial charge is 0.355 e. The molecule has 0 fully saturated rings. The molecule has 0 amide bonds. The molecular formula is C21H18O5S. The maximum Gasteiger partial charge on any atom is 0.300 e. The van der Waals surface area contributed by atoms with Crippen molar-refractivity contribution >= 4 is 15.9 Å². The number of aliphatic hydroxyl groups is 1. The Morgan fingerprint density at radius 1 is 0.852 bits per heavy atom. The van der Waals surface area contributed by atoms with Gasteiger partial charge in [-0.25, -0.2) is 4.18 Å². The van der Waals surface area contributed by atoms with Gasteiger partial charge < -0.3 is 5.11 Å². The third-order valence-corrected chi connectivity index (χ3v) is 5.36. The summed E-state index contributed by atoms with van der Waals surface area (Å²) < 4.78 is 30.6. The van der Waals surface area contributed by atoms with Gasteiger partial charge in [-0.3, -0.25) is 4.79 Å². The Balaban J connectivity index is 2.08. The van der Waals surface area contributed by atoms with E-state index in [1.54, 1.807) is 48.5 Å². The lowest BCUT2D eigenvalue weighted by Crippen LogP contribution is -2.40. The van der Waals surface area contributed by atoms with Crippen molar-refractivity contribution in [1.29, 1.82) is 0 Å². The molecule has 138 valence electrons. The molecule has 27 heavy (non-hydrogen) atoms. The molecule has 0 aromatic heterocycles. The summed E-state index contributed by atoms with van der Waals surface area (Å²) in [5, 5.41) is 11.1. The predicted octanol–water partition coefficient (Wildman–Crippen LogP) is 3.43. The van der Waals surface area contributed by atoms with Gasteiger partial charge in [0.1, 0.15) is 0 Å². The zero-order valence-corrected chi connectivity index (χ0v) is 15.4. The summed E-state index contributed by atoms with van der Waals surface area (Å²) in [5.41, 5.74) is 1.02. The van der Waals surface area contributed by atoms with Crippen molar-refractivity contribution in [3.63, 3.8) is 0 Å². The number of ketones is 1. The topological polar surface area (TPSA) is 80.7 Å². The molecule has 0 bridgehead atoms. The second-order valence-electron chi connectivity index (χ2n) is 6.06. The fourth-order valence-corrected chi connectivity index (χ4v) is 3.63. The molecule has 3 rings (SSSR count). The molecule has 6 heteroatoms. The van der Waals surface area contributed by atoms with Crippen LogP contribution < -0.4 is 0 Å². The summed E-state index contributed by atoms with van der Waals surface area (Å²) in [6, 6.07) is 21.6. The van der Waals surface area contributed by atoms with Crippen LogP contribution in [0.4, 0.5) is 0 Å². The molecule has 3 aromatic carbocycles. The van der Waals surface area contributed by atoms with Crippen molar-refractivity contribution in [3.8, 4) is 0 Å². The summed E-state index contributed by atoms with van der Waals surface area (Å²) in [6.07, 6.45) is 0. The van der Waals surface area contributed by atoms with E-state index < -0.39 is 21.7 Å². The summed E-state index contributed by atoms with van der Waals surface area (Å²) in [5.74, 6) is -3.56. The molecule has 0 aliphatic heterocycles.